The van der Waals surface area contributed by atoms with Gasteiger partial charge in [0.05, 0.1) is 27.6 Å². The van der Waals surface area contributed by atoms with Crippen molar-refractivity contribution >= 4 is 45.9 Å². The molecule has 5 aliphatic carbocycles. The van der Waals surface area contributed by atoms with Crippen molar-refractivity contribution in [3.63, 3.8) is 0 Å². The fourth-order valence-corrected chi connectivity index (χ4v) is 11.7. The summed E-state index contributed by atoms with van der Waals surface area (Å²) < 4.78 is 0. The summed E-state index contributed by atoms with van der Waals surface area (Å²) in [6, 6.07) is 37.1. The van der Waals surface area contributed by atoms with Crippen LogP contribution < -0.4 is 0 Å². The van der Waals surface area contributed by atoms with E-state index in [1.807, 2.05) is 0 Å². The van der Waals surface area contributed by atoms with Crippen LogP contribution in [-0.4, -0.2) is 16.1 Å². The van der Waals surface area contributed by atoms with Crippen molar-refractivity contribution in [3.8, 4) is 0 Å². The zero-order valence-corrected chi connectivity index (χ0v) is 28.0. The standard InChI is InChI=1S/C41H40N2P2/c44-25-40(32-19-26-18-27(21-32)22-33(40)20-26)34-23-31(28-8-2-1-3-9-28)24-35(34)41(45,38-16-14-29-10-4-6-12-36(29)42-38)39-17-15-30-11-5-7-13-37(30)43-39/h1-17,23-24,26-27,32-34H,18-22,25,44-45H2. The lowest BCUT2D eigenvalue weighted by atomic mass is 9.42. The van der Waals surface area contributed by atoms with Gasteiger partial charge in [0, 0.05) is 16.7 Å². The van der Waals surface area contributed by atoms with Gasteiger partial charge in [-0.2, -0.15) is 0 Å². The van der Waals surface area contributed by atoms with Crippen LogP contribution >= 0.6 is 18.5 Å². The first-order valence-electron chi connectivity index (χ1n) is 16.8. The highest BCUT2D eigenvalue weighted by atomic mass is 31.0. The Bertz CT molecular complexity index is 1890. The molecule has 45 heavy (non-hydrogen) atoms. The molecule has 2 aromatic heterocycles. The molecule has 0 aliphatic heterocycles. The number of hydrogen-bond donors (Lipinski definition) is 0. The highest BCUT2D eigenvalue weighted by molar-refractivity contribution is 7.19. The maximum absolute atomic E-state index is 5.44. The number of nitrogens with zero attached hydrogens (tertiary/aromatic N) is 2. The van der Waals surface area contributed by atoms with E-state index in [-0.39, 0.29) is 5.41 Å². The van der Waals surface area contributed by atoms with E-state index >= 15 is 0 Å². The number of hydrogen-bond acceptors (Lipinski definition) is 2. The van der Waals surface area contributed by atoms with Gasteiger partial charge in [-0.1, -0.05) is 91.0 Å². The molecule has 0 saturated heterocycles. The Hall–Kier alpha value is -3.18. The number of rotatable bonds is 6. The second-order valence-corrected chi connectivity index (χ2v) is 15.5. The number of fused-ring (bicyclic) bond motifs is 2. The Labute approximate surface area is 271 Å². The lowest BCUT2D eigenvalue weighted by Gasteiger charge is -2.64. The fraction of sp³-hybridized carbons (Fsp3) is 0.317. The zero-order chi connectivity index (χ0) is 30.2. The van der Waals surface area contributed by atoms with Crippen LogP contribution in [0.5, 0.6) is 0 Å². The number of benzene rings is 3. The average Bonchev–Trinajstić information content (AvgIpc) is 3.54. The molecule has 224 valence electrons. The smallest absolute Gasteiger partial charge is 0.0903 e. The summed E-state index contributed by atoms with van der Waals surface area (Å²) in [7, 11) is 6.63. The van der Waals surface area contributed by atoms with E-state index < -0.39 is 5.16 Å². The third-order valence-corrected chi connectivity index (χ3v) is 13.8. The number of aromatic nitrogens is 2. The molecule has 0 spiro atoms. The third kappa shape index (κ3) is 4.28. The van der Waals surface area contributed by atoms with E-state index in [1.165, 1.54) is 59.6 Å². The van der Waals surface area contributed by atoms with E-state index in [0.29, 0.717) is 5.92 Å². The van der Waals surface area contributed by atoms with Crippen LogP contribution in [0, 0.1) is 35.0 Å². The van der Waals surface area contributed by atoms with E-state index in [0.717, 1.165) is 52.3 Å². The van der Waals surface area contributed by atoms with Crippen molar-refractivity contribution in [3.05, 3.63) is 138 Å². The van der Waals surface area contributed by atoms with Crippen LogP contribution in [0.2, 0.25) is 0 Å². The van der Waals surface area contributed by atoms with E-state index in [4.69, 9.17) is 9.97 Å². The second kappa shape index (κ2) is 10.7. The molecule has 4 saturated carbocycles. The van der Waals surface area contributed by atoms with Gasteiger partial charge in [0.25, 0.3) is 0 Å². The van der Waals surface area contributed by atoms with Crippen LogP contribution in [0.1, 0.15) is 49.1 Å². The molecule has 0 radical (unpaired) electrons. The predicted molar refractivity (Wildman–Crippen MR) is 194 cm³/mol. The Kier molecular flexibility index (Phi) is 6.67. The maximum atomic E-state index is 5.44. The van der Waals surface area contributed by atoms with E-state index in [1.54, 1.807) is 0 Å². The molecular weight excluding hydrogens is 582 g/mol. The molecule has 10 rings (SSSR count). The van der Waals surface area contributed by atoms with Crippen LogP contribution in [-0.2, 0) is 5.16 Å². The molecule has 4 fully saturated rings. The first-order chi connectivity index (χ1) is 22.1. The minimum Gasteiger partial charge on any atom is -0.251 e. The maximum Gasteiger partial charge on any atom is 0.0903 e. The van der Waals surface area contributed by atoms with Crippen LogP contribution in [0.15, 0.2) is 121 Å². The van der Waals surface area contributed by atoms with Gasteiger partial charge in [-0.05, 0) is 108 Å². The van der Waals surface area contributed by atoms with Gasteiger partial charge in [-0.15, -0.1) is 18.5 Å². The summed E-state index contributed by atoms with van der Waals surface area (Å²) in [6.45, 7) is 0. The molecule has 5 aromatic rings. The molecule has 0 amide bonds. The summed E-state index contributed by atoms with van der Waals surface area (Å²) in [5, 5.41) is 1.75. The van der Waals surface area contributed by atoms with E-state index in [9.17, 15) is 0 Å². The molecule has 3 unspecified atom stereocenters. The second-order valence-electron chi connectivity index (χ2n) is 14.3. The quantitative estimate of drug-likeness (QED) is 0.176. The molecule has 5 aliphatic rings. The molecule has 4 bridgehead atoms. The normalized spacial score (nSPS) is 28.9. The van der Waals surface area contributed by atoms with Crippen molar-refractivity contribution in [2.24, 2.45) is 35.0 Å². The minimum atomic E-state index is -0.590. The molecule has 0 N–H and O–H groups in total. The molecule has 3 aromatic carbocycles. The largest absolute Gasteiger partial charge is 0.251 e. The summed E-state index contributed by atoms with van der Waals surface area (Å²) in [5.41, 5.74) is 8.46. The van der Waals surface area contributed by atoms with Crippen LogP contribution in [0.25, 0.3) is 27.4 Å². The fourth-order valence-electron chi connectivity index (χ4n) is 10.2. The lowest BCUT2D eigenvalue weighted by molar-refractivity contribution is -0.111. The van der Waals surface area contributed by atoms with Crippen molar-refractivity contribution in [2.75, 3.05) is 6.16 Å². The summed E-state index contributed by atoms with van der Waals surface area (Å²) in [4.78, 5) is 10.9. The summed E-state index contributed by atoms with van der Waals surface area (Å²) in [5.74, 6) is 3.67. The topological polar surface area (TPSA) is 25.8 Å². The highest BCUT2D eigenvalue weighted by Gasteiger charge is 2.61. The van der Waals surface area contributed by atoms with Crippen LogP contribution in [0.4, 0.5) is 0 Å². The highest BCUT2D eigenvalue weighted by Crippen LogP contribution is 2.69. The SMILES string of the molecule is PCC1(C2C=C(c3ccccc3)C=C2C(P)(c2ccc3ccccc3n2)c2ccc3ccccc3n2)C2CC3CC(C2)CC1C3. The summed E-state index contributed by atoms with van der Waals surface area (Å²) >= 11 is 0. The predicted octanol–water partition coefficient (Wildman–Crippen LogP) is 9.86. The van der Waals surface area contributed by atoms with Gasteiger partial charge in [-0.25, -0.2) is 0 Å². The van der Waals surface area contributed by atoms with Gasteiger partial charge in [-0.3, -0.25) is 9.97 Å². The first kappa shape index (κ1) is 28.1. The molecule has 2 heterocycles. The molecular formula is C41H40N2P2. The number of pyridine rings is 2. The molecule has 4 heteroatoms. The number of para-hydroxylation sites is 2. The van der Waals surface area contributed by atoms with Gasteiger partial charge in [0.2, 0.25) is 0 Å². The van der Waals surface area contributed by atoms with Crippen molar-refractivity contribution < 1.29 is 0 Å². The Balaban J connectivity index is 1.30. The first-order valence-corrected chi connectivity index (χ1v) is 18.2. The van der Waals surface area contributed by atoms with Crippen molar-refractivity contribution in [1.82, 2.24) is 9.97 Å². The van der Waals surface area contributed by atoms with Gasteiger partial charge < -0.3 is 0 Å². The van der Waals surface area contributed by atoms with Crippen LogP contribution in [0.3, 0.4) is 0 Å². The van der Waals surface area contributed by atoms with Crippen molar-refractivity contribution in [2.45, 2.75) is 37.3 Å². The Morgan fingerprint density at radius 3 is 1.73 bits per heavy atom. The average molecular weight is 623 g/mol. The molecule has 2 nitrogen and oxygen atoms in total. The minimum absolute atomic E-state index is 0.218. The lowest BCUT2D eigenvalue weighted by Crippen LogP contribution is -2.57. The van der Waals surface area contributed by atoms with Crippen molar-refractivity contribution in [1.29, 1.82) is 0 Å². The summed E-state index contributed by atoms with van der Waals surface area (Å²) in [6.07, 6.45) is 13.4. The van der Waals surface area contributed by atoms with Gasteiger partial charge in [0.15, 0.2) is 0 Å². The number of allylic oxidation sites excluding steroid dienone is 4. The van der Waals surface area contributed by atoms with Gasteiger partial charge in [0.1, 0.15) is 0 Å². The van der Waals surface area contributed by atoms with E-state index in [2.05, 4.69) is 134 Å². The van der Waals surface area contributed by atoms with Gasteiger partial charge >= 0.3 is 0 Å². The Morgan fingerprint density at radius 2 is 1.18 bits per heavy atom. The monoisotopic (exact) mass is 622 g/mol. The third-order valence-electron chi connectivity index (χ3n) is 12.2. The Morgan fingerprint density at radius 1 is 0.644 bits per heavy atom. The molecule has 3 atom stereocenters. The zero-order valence-electron chi connectivity index (χ0n) is 25.6.